The van der Waals surface area contributed by atoms with Crippen LogP contribution < -0.4 is 5.73 Å². The normalized spacial score (nSPS) is 13.9. The minimum Gasteiger partial charge on any atom is -0.324 e. The summed E-state index contributed by atoms with van der Waals surface area (Å²) < 4.78 is 36.9. The van der Waals surface area contributed by atoms with Gasteiger partial charge in [-0.25, -0.2) is 0 Å². The van der Waals surface area contributed by atoms with Crippen molar-refractivity contribution in [1.82, 2.24) is 4.98 Å². The first-order valence-electron chi connectivity index (χ1n) is 5.13. The van der Waals surface area contributed by atoms with Crippen molar-refractivity contribution in [3.05, 3.63) is 42.1 Å². The standard InChI is InChI=1S/C12H11F3N2/c13-12(14,15)7-10(16)9-5-1-3-8-4-2-6-17-11(8)9/h1-6,10H,7,16H2. The molecule has 5 heteroatoms. The van der Waals surface area contributed by atoms with E-state index in [4.69, 9.17) is 5.73 Å². The second kappa shape index (κ2) is 4.33. The molecule has 2 N–H and O–H groups in total. The maximum absolute atomic E-state index is 12.3. The van der Waals surface area contributed by atoms with Crippen LogP contribution in [0.25, 0.3) is 10.9 Å². The number of nitrogens with two attached hydrogens (primary N) is 1. The van der Waals surface area contributed by atoms with Crippen molar-refractivity contribution in [3.63, 3.8) is 0 Å². The number of nitrogens with zero attached hydrogens (tertiary/aromatic N) is 1. The molecule has 0 aliphatic rings. The molecular weight excluding hydrogens is 229 g/mol. The number of rotatable bonds is 2. The fourth-order valence-electron chi connectivity index (χ4n) is 1.79. The van der Waals surface area contributed by atoms with Crippen LogP contribution in [0.3, 0.4) is 0 Å². The van der Waals surface area contributed by atoms with Crippen molar-refractivity contribution in [3.8, 4) is 0 Å². The molecule has 2 nitrogen and oxygen atoms in total. The molecule has 0 fully saturated rings. The number of fused-ring (bicyclic) bond motifs is 1. The van der Waals surface area contributed by atoms with Gasteiger partial charge in [-0.15, -0.1) is 0 Å². The molecule has 0 spiro atoms. The van der Waals surface area contributed by atoms with Crippen LogP contribution in [0.5, 0.6) is 0 Å². The molecule has 0 amide bonds. The second-order valence-corrected chi connectivity index (χ2v) is 3.85. The van der Waals surface area contributed by atoms with Gasteiger partial charge in [0.2, 0.25) is 0 Å². The highest BCUT2D eigenvalue weighted by atomic mass is 19.4. The Morgan fingerprint density at radius 3 is 2.59 bits per heavy atom. The number of benzene rings is 1. The zero-order chi connectivity index (χ0) is 12.5. The summed E-state index contributed by atoms with van der Waals surface area (Å²) in [5.74, 6) is 0. The van der Waals surface area contributed by atoms with E-state index in [1.165, 1.54) is 0 Å². The zero-order valence-electron chi connectivity index (χ0n) is 8.91. The lowest BCUT2D eigenvalue weighted by Gasteiger charge is -2.15. The summed E-state index contributed by atoms with van der Waals surface area (Å²) in [4.78, 5) is 4.08. The number of halogens is 3. The van der Waals surface area contributed by atoms with Crippen molar-refractivity contribution in [2.45, 2.75) is 18.6 Å². The molecule has 2 aromatic rings. The Kier molecular flexibility index (Phi) is 3.02. The minimum atomic E-state index is -4.27. The predicted octanol–water partition coefficient (Wildman–Crippen LogP) is 3.19. The quantitative estimate of drug-likeness (QED) is 0.875. The van der Waals surface area contributed by atoms with E-state index in [1.807, 2.05) is 0 Å². The molecule has 0 aliphatic carbocycles. The van der Waals surface area contributed by atoms with Crippen LogP contribution in [0.1, 0.15) is 18.0 Å². The van der Waals surface area contributed by atoms with E-state index in [1.54, 1.807) is 36.5 Å². The second-order valence-electron chi connectivity index (χ2n) is 3.85. The van der Waals surface area contributed by atoms with Gasteiger partial charge in [-0.05, 0) is 11.6 Å². The molecule has 1 aromatic heterocycles. The number of hydrogen-bond acceptors (Lipinski definition) is 2. The third kappa shape index (κ3) is 2.74. The van der Waals surface area contributed by atoms with Crippen LogP contribution in [0.15, 0.2) is 36.5 Å². The molecule has 1 atom stereocenters. The van der Waals surface area contributed by atoms with Crippen molar-refractivity contribution in [1.29, 1.82) is 0 Å². The Morgan fingerprint density at radius 2 is 1.88 bits per heavy atom. The Bertz CT molecular complexity index is 517. The Balaban J connectivity index is 2.41. The predicted molar refractivity (Wildman–Crippen MR) is 59.3 cm³/mol. The molecular formula is C12H11F3N2. The zero-order valence-corrected chi connectivity index (χ0v) is 8.91. The molecule has 0 saturated carbocycles. The van der Waals surface area contributed by atoms with Gasteiger partial charge < -0.3 is 5.73 Å². The lowest BCUT2D eigenvalue weighted by molar-refractivity contribution is -0.138. The summed E-state index contributed by atoms with van der Waals surface area (Å²) in [7, 11) is 0. The fraction of sp³-hybridized carbons (Fsp3) is 0.250. The van der Waals surface area contributed by atoms with Gasteiger partial charge in [-0.3, -0.25) is 4.98 Å². The van der Waals surface area contributed by atoms with Crippen LogP contribution in [-0.4, -0.2) is 11.2 Å². The maximum atomic E-state index is 12.3. The minimum absolute atomic E-state index is 0.431. The summed E-state index contributed by atoms with van der Waals surface area (Å²) >= 11 is 0. The summed E-state index contributed by atoms with van der Waals surface area (Å²) in [5, 5.41) is 0.794. The van der Waals surface area contributed by atoms with E-state index >= 15 is 0 Å². The number of pyridine rings is 1. The van der Waals surface area contributed by atoms with Gasteiger partial charge in [0.05, 0.1) is 11.9 Å². The highest BCUT2D eigenvalue weighted by Gasteiger charge is 2.31. The van der Waals surface area contributed by atoms with Gasteiger partial charge >= 0.3 is 6.18 Å². The third-order valence-electron chi connectivity index (χ3n) is 2.51. The molecule has 0 radical (unpaired) electrons. The van der Waals surface area contributed by atoms with E-state index in [0.29, 0.717) is 11.1 Å². The fourth-order valence-corrected chi connectivity index (χ4v) is 1.79. The Morgan fingerprint density at radius 1 is 1.18 bits per heavy atom. The van der Waals surface area contributed by atoms with Crippen LogP contribution in [0, 0.1) is 0 Å². The van der Waals surface area contributed by atoms with Crippen molar-refractivity contribution in [2.75, 3.05) is 0 Å². The average Bonchev–Trinajstić information content (AvgIpc) is 2.26. The first-order chi connectivity index (χ1) is 7.97. The monoisotopic (exact) mass is 240 g/mol. The van der Waals surface area contributed by atoms with E-state index < -0.39 is 18.6 Å². The largest absolute Gasteiger partial charge is 0.390 e. The van der Waals surface area contributed by atoms with Gasteiger partial charge in [-0.2, -0.15) is 13.2 Å². The highest BCUT2D eigenvalue weighted by Crippen LogP contribution is 2.30. The summed E-state index contributed by atoms with van der Waals surface area (Å²) in [5.41, 5.74) is 6.55. The third-order valence-corrected chi connectivity index (χ3v) is 2.51. The van der Waals surface area contributed by atoms with Crippen LogP contribution >= 0.6 is 0 Å². The number of aromatic nitrogens is 1. The van der Waals surface area contributed by atoms with Crippen molar-refractivity contribution < 1.29 is 13.2 Å². The molecule has 2 rings (SSSR count). The van der Waals surface area contributed by atoms with E-state index in [9.17, 15) is 13.2 Å². The van der Waals surface area contributed by atoms with Gasteiger partial charge in [0.25, 0.3) is 0 Å². The van der Waals surface area contributed by atoms with E-state index in [2.05, 4.69) is 4.98 Å². The SMILES string of the molecule is NC(CC(F)(F)F)c1cccc2cccnc12. The number of hydrogen-bond donors (Lipinski definition) is 1. The summed E-state index contributed by atoms with van der Waals surface area (Å²) in [6.07, 6.45) is -3.76. The Labute approximate surface area is 96.3 Å². The maximum Gasteiger partial charge on any atom is 0.390 e. The smallest absolute Gasteiger partial charge is 0.324 e. The van der Waals surface area contributed by atoms with Crippen LogP contribution in [0.2, 0.25) is 0 Å². The van der Waals surface area contributed by atoms with Gasteiger partial charge in [0.15, 0.2) is 0 Å². The molecule has 17 heavy (non-hydrogen) atoms. The van der Waals surface area contributed by atoms with Gasteiger partial charge in [-0.1, -0.05) is 24.3 Å². The van der Waals surface area contributed by atoms with Crippen LogP contribution in [-0.2, 0) is 0 Å². The number of alkyl halides is 3. The van der Waals surface area contributed by atoms with Gasteiger partial charge in [0.1, 0.15) is 0 Å². The number of para-hydroxylation sites is 1. The molecule has 1 aromatic carbocycles. The van der Waals surface area contributed by atoms with Crippen molar-refractivity contribution in [2.24, 2.45) is 5.73 Å². The molecule has 1 heterocycles. The summed E-state index contributed by atoms with van der Waals surface area (Å²) in [6, 6.07) is 7.54. The highest BCUT2D eigenvalue weighted by molar-refractivity contribution is 5.81. The lowest BCUT2D eigenvalue weighted by Crippen LogP contribution is -2.20. The average molecular weight is 240 g/mol. The van der Waals surface area contributed by atoms with E-state index in [-0.39, 0.29) is 0 Å². The van der Waals surface area contributed by atoms with Gasteiger partial charge in [0, 0.05) is 17.6 Å². The molecule has 90 valence electrons. The first kappa shape index (κ1) is 11.9. The Hall–Kier alpha value is -1.62. The topological polar surface area (TPSA) is 38.9 Å². The summed E-state index contributed by atoms with van der Waals surface area (Å²) in [6.45, 7) is 0. The van der Waals surface area contributed by atoms with Crippen LogP contribution in [0.4, 0.5) is 13.2 Å². The molecule has 1 unspecified atom stereocenters. The molecule has 0 aliphatic heterocycles. The molecule has 0 bridgehead atoms. The molecule has 0 saturated heterocycles. The lowest BCUT2D eigenvalue weighted by atomic mass is 10.0. The first-order valence-corrected chi connectivity index (χ1v) is 5.13. The van der Waals surface area contributed by atoms with Crippen molar-refractivity contribution >= 4 is 10.9 Å². The van der Waals surface area contributed by atoms with E-state index in [0.717, 1.165) is 5.39 Å².